The second kappa shape index (κ2) is 8.65. The van der Waals surface area contributed by atoms with Gasteiger partial charge in [-0.15, -0.1) is 0 Å². The molecule has 30 heavy (non-hydrogen) atoms. The van der Waals surface area contributed by atoms with Crippen LogP contribution in [0.5, 0.6) is 5.88 Å². The van der Waals surface area contributed by atoms with Crippen molar-refractivity contribution in [3.8, 4) is 5.88 Å². The highest BCUT2D eigenvalue weighted by Gasteiger charge is 2.34. The van der Waals surface area contributed by atoms with Crippen LogP contribution in [0.25, 0.3) is 0 Å². The molecule has 0 N–H and O–H groups in total. The Morgan fingerprint density at radius 2 is 2.07 bits per heavy atom. The highest BCUT2D eigenvalue weighted by molar-refractivity contribution is 7.98. The number of rotatable bonds is 3. The molecule has 2 aromatic heterocycles. The standard InChI is InChI=1S/C19H22ClN5O4S/c1-19(2,3)29-18(27)24(4)14-13-15(23-17(22-14)30-5)28-9-8-25(16(13)26)11-6-7-12(20)21-10-11/h6-7,10H,8-9H2,1-5H3. The number of hydrogen-bond acceptors (Lipinski definition) is 8. The Hall–Kier alpha value is -2.59. The number of amides is 2. The third-order valence-electron chi connectivity index (χ3n) is 4.04. The molecular weight excluding hydrogens is 430 g/mol. The van der Waals surface area contributed by atoms with Crippen molar-refractivity contribution < 1.29 is 19.1 Å². The first kappa shape index (κ1) is 22.1. The lowest BCUT2D eigenvalue weighted by atomic mass is 10.2. The van der Waals surface area contributed by atoms with Gasteiger partial charge in [-0.25, -0.2) is 14.8 Å². The molecule has 3 rings (SSSR count). The summed E-state index contributed by atoms with van der Waals surface area (Å²) >= 11 is 7.14. The molecule has 0 saturated heterocycles. The van der Waals surface area contributed by atoms with Crippen molar-refractivity contribution in [2.45, 2.75) is 31.5 Å². The van der Waals surface area contributed by atoms with Crippen LogP contribution < -0.4 is 14.5 Å². The van der Waals surface area contributed by atoms with Crippen LogP contribution in [0.4, 0.5) is 16.3 Å². The molecule has 0 spiro atoms. The molecule has 2 aromatic rings. The fourth-order valence-electron chi connectivity index (χ4n) is 2.70. The van der Waals surface area contributed by atoms with Gasteiger partial charge in [0.2, 0.25) is 5.88 Å². The van der Waals surface area contributed by atoms with Crippen molar-refractivity contribution in [2.75, 3.05) is 36.3 Å². The lowest BCUT2D eigenvalue weighted by molar-refractivity contribution is 0.0588. The van der Waals surface area contributed by atoms with Gasteiger partial charge < -0.3 is 14.4 Å². The third kappa shape index (κ3) is 4.76. The number of pyridine rings is 1. The number of ether oxygens (including phenoxy) is 2. The van der Waals surface area contributed by atoms with Crippen LogP contribution >= 0.6 is 23.4 Å². The summed E-state index contributed by atoms with van der Waals surface area (Å²) in [6, 6.07) is 3.28. The van der Waals surface area contributed by atoms with Gasteiger partial charge in [-0.2, -0.15) is 4.98 Å². The summed E-state index contributed by atoms with van der Waals surface area (Å²) < 4.78 is 11.2. The third-order valence-corrected chi connectivity index (χ3v) is 4.81. The number of hydrogen-bond donors (Lipinski definition) is 0. The summed E-state index contributed by atoms with van der Waals surface area (Å²) in [7, 11) is 1.49. The van der Waals surface area contributed by atoms with Gasteiger partial charge in [0.25, 0.3) is 5.91 Å². The van der Waals surface area contributed by atoms with E-state index in [1.807, 2.05) is 0 Å². The molecule has 0 bridgehead atoms. The summed E-state index contributed by atoms with van der Waals surface area (Å²) in [6.45, 7) is 5.76. The molecular formula is C19H22ClN5O4S. The van der Waals surface area contributed by atoms with Crippen molar-refractivity contribution in [2.24, 2.45) is 0 Å². The minimum Gasteiger partial charge on any atom is -0.475 e. The van der Waals surface area contributed by atoms with Gasteiger partial charge in [0, 0.05) is 7.05 Å². The summed E-state index contributed by atoms with van der Waals surface area (Å²) in [5, 5.41) is 0.685. The van der Waals surface area contributed by atoms with Crippen LogP contribution in [0.3, 0.4) is 0 Å². The second-order valence-corrected chi connectivity index (χ2v) is 8.56. The van der Waals surface area contributed by atoms with Gasteiger partial charge in [-0.05, 0) is 39.2 Å². The fourth-order valence-corrected chi connectivity index (χ4v) is 3.16. The molecule has 0 atom stereocenters. The van der Waals surface area contributed by atoms with E-state index in [4.69, 9.17) is 21.1 Å². The van der Waals surface area contributed by atoms with Crippen molar-refractivity contribution in [1.29, 1.82) is 0 Å². The molecule has 0 aliphatic carbocycles. The highest BCUT2D eigenvalue weighted by atomic mass is 35.5. The molecule has 0 radical (unpaired) electrons. The summed E-state index contributed by atoms with van der Waals surface area (Å²) in [5.41, 5.74) is -0.0894. The average molecular weight is 452 g/mol. The van der Waals surface area contributed by atoms with Gasteiger partial charge in [-0.1, -0.05) is 23.4 Å². The van der Waals surface area contributed by atoms with Gasteiger partial charge >= 0.3 is 6.09 Å². The minimum atomic E-state index is -0.709. The SMILES string of the molecule is CSc1nc2c(c(N(C)C(=O)OC(C)(C)C)n1)C(=O)N(c1ccc(Cl)nc1)CCO2. The quantitative estimate of drug-likeness (QED) is 0.396. The van der Waals surface area contributed by atoms with Crippen molar-refractivity contribution >= 4 is 46.9 Å². The van der Waals surface area contributed by atoms with Crippen LogP contribution in [0.15, 0.2) is 23.5 Å². The zero-order valence-corrected chi connectivity index (χ0v) is 18.9. The van der Waals surface area contributed by atoms with Gasteiger partial charge in [0.05, 0.1) is 18.4 Å². The van der Waals surface area contributed by atoms with E-state index in [1.54, 1.807) is 39.2 Å². The molecule has 11 heteroatoms. The average Bonchev–Trinajstić information content (AvgIpc) is 2.85. The lowest BCUT2D eigenvalue weighted by Crippen LogP contribution is -2.37. The number of carbonyl (C=O) groups excluding carboxylic acids is 2. The van der Waals surface area contributed by atoms with Gasteiger partial charge in [0.15, 0.2) is 11.0 Å². The molecule has 2 amide bonds. The molecule has 0 saturated carbocycles. The maximum absolute atomic E-state index is 13.5. The van der Waals surface area contributed by atoms with E-state index in [0.717, 1.165) is 0 Å². The van der Waals surface area contributed by atoms with E-state index < -0.39 is 17.6 Å². The summed E-state index contributed by atoms with van der Waals surface area (Å²) in [6.07, 6.45) is 2.65. The predicted octanol–water partition coefficient (Wildman–Crippen LogP) is 3.66. The zero-order chi connectivity index (χ0) is 22.1. The highest BCUT2D eigenvalue weighted by Crippen LogP contribution is 2.33. The number of fused-ring (bicyclic) bond motifs is 1. The number of halogens is 1. The first-order chi connectivity index (χ1) is 14.1. The van der Waals surface area contributed by atoms with E-state index in [9.17, 15) is 9.59 Å². The van der Waals surface area contributed by atoms with E-state index in [2.05, 4.69) is 15.0 Å². The smallest absolute Gasteiger partial charge is 0.415 e. The van der Waals surface area contributed by atoms with Crippen molar-refractivity contribution in [3.05, 3.63) is 29.0 Å². The Bertz CT molecular complexity index is 965. The molecule has 0 aromatic carbocycles. The van der Waals surface area contributed by atoms with Gasteiger partial charge in [-0.3, -0.25) is 9.69 Å². The minimum absolute atomic E-state index is 0.0774. The molecule has 160 valence electrons. The number of nitrogens with zero attached hydrogens (tertiary/aromatic N) is 5. The molecule has 3 heterocycles. The maximum atomic E-state index is 13.5. The van der Waals surface area contributed by atoms with Crippen LogP contribution in [-0.4, -0.2) is 59.0 Å². The molecule has 0 unspecified atom stereocenters. The number of thioether (sulfide) groups is 1. The lowest BCUT2D eigenvalue weighted by Gasteiger charge is -2.26. The second-order valence-electron chi connectivity index (χ2n) is 7.40. The topological polar surface area (TPSA) is 97.8 Å². The van der Waals surface area contributed by atoms with Crippen molar-refractivity contribution in [3.63, 3.8) is 0 Å². The molecule has 1 aliphatic rings. The Morgan fingerprint density at radius 1 is 1.33 bits per heavy atom. The molecule has 9 nitrogen and oxygen atoms in total. The summed E-state index contributed by atoms with van der Waals surface area (Å²) in [5.74, 6) is -0.184. The fraction of sp³-hybridized carbons (Fsp3) is 0.421. The maximum Gasteiger partial charge on any atom is 0.415 e. The van der Waals surface area contributed by atoms with Crippen LogP contribution in [-0.2, 0) is 4.74 Å². The van der Waals surface area contributed by atoms with Crippen molar-refractivity contribution in [1.82, 2.24) is 15.0 Å². The largest absolute Gasteiger partial charge is 0.475 e. The number of anilines is 2. The Labute approximate surface area is 183 Å². The normalized spacial score (nSPS) is 13.9. The van der Waals surface area contributed by atoms with E-state index in [1.165, 1.54) is 34.8 Å². The predicted molar refractivity (Wildman–Crippen MR) is 115 cm³/mol. The van der Waals surface area contributed by atoms with Crippen LogP contribution in [0.1, 0.15) is 31.1 Å². The number of carbonyl (C=O) groups is 2. The Balaban J connectivity index is 2.08. The van der Waals surface area contributed by atoms with Crippen LogP contribution in [0.2, 0.25) is 5.15 Å². The first-order valence-corrected chi connectivity index (χ1v) is 10.7. The molecule has 0 fully saturated rings. The Kier molecular flexibility index (Phi) is 6.37. The van der Waals surface area contributed by atoms with E-state index >= 15 is 0 Å². The first-order valence-electron chi connectivity index (χ1n) is 9.09. The van der Waals surface area contributed by atoms with E-state index in [-0.39, 0.29) is 30.4 Å². The Morgan fingerprint density at radius 3 is 2.67 bits per heavy atom. The monoisotopic (exact) mass is 451 g/mol. The molecule has 1 aliphatic heterocycles. The summed E-state index contributed by atoms with van der Waals surface area (Å²) in [4.78, 5) is 41.6. The van der Waals surface area contributed by atoms with Crippen LogP contribution in [0, 0.1) is 0 Å². The van der Waals surface area contributed by atoms with Gasteiger partial charge in [0.1, 0.15) is 22.9 Å². The van der Waals surface area contributed by atoms with E-state index in [0.29, 0.717) is 16.0 Å². The zero-order valence-electron chi connectivity index (χ0n) is 17.3. The number of aromatic nitrogens is 3.